The Morgan fingerprint density at radius 3 is 2.41 bits per heavy atom. The van der Waals surface area contributed by atoms with Gasteiger partial charge in [-0.2, -0.15) is 0 Å². The standard InChI is InChI=1S/C19H25N3O3S.ClH/c20-14-19(10-3-4-11-19)22-18(23)9-12-21-26(24,25)17-8-7-15-5-1-2-6-16(15)13-17;/h1-2,5-8,13,21H,3-4,9-12,14,20H2,(H,22,23);1H. The molecule has 0 heterocycles. The number of sulfonamides is 1. The van der Waals surface area contributed by atoms with E-state index in [1.54, 1.807) is 18.2 Å². The van der Waals surface area contributed by atoms with Gasteiger partial charge in [-0.25, -0.2) is 13.1 Å². The van der Waals surface area contributed by atoms with E-state index in [1.165, 1.54) is 0 Å². The number of nitrogens with two attached hydrogens (primary N) is 1. The zero-order valence-electron chi connectivity index (χ0n) is 15.1. The van der Waals surface area contributed by atoms with Gasteiger partial charge >= 0.3 is 0 Å². The van der Waals surface area contributed by atoms with E-state index in [0.717, 1.165) is 36.5 Å². The topological polar surface area (TPSA) is 101 Å². The molecule has 0 aromatic heterocycles. The Hall–Kier alpha value is -1.67. The fraction of sp³-hybridized carbons (Fsp3) is 0.421. The average molecular weight is 412 g/mol. The van der Waals surface area contributed by atoms with Crippen molar-refractivity contribution in [1.82, 2.24) is 10.0 Å². The van der Waals surface area contributed by atoms with Gasteiger partial charge in [0, 0.05) is 19.5 Å². The van der Waals surface area contributed by atoms with E-state index in [1.807, 2.05) is 24.3 Å². The van der Waals surface area contributed by atoms with Crippen LogP contribution in [0.5, 0.6) is 0 Å². The van der Waals surface area contributed by atoms with Crippen molar-refractivity contribution in [1.29, 1.82) is 0 Å². The first-order valence-electron chi connectivity index (χ1n) is 8.94. The number of nitrogens with one attached hydrogen (secondary N) is 2. The van der Waals surface area contributed by atoms with E-state index in [0.29, 0.717) is 6.54 Å². The van der Waals surface area contributed by atoms with Crippen LogP contribution in [-0.2, 0) is 14.8 Å². The molecule has 1 aliphatic carbocycles. The first kappa shape index (κ1) is 21.6. The largest absolute Gasteiger partial charge is 0.349 e. The van der Waals surface area contributed by atoms with Crippen molar-refractivity contribution in [3.05, 3.63) is 42.5 Å². The highest BCUT2D eigenvalue weighted by Gasteiger charge is 2.33. The molecule has 0 aliphatic heterocycles. The Morgan fingerprint density at radius 2 is 1.74 bits per heavy atom. The fourth-order valence-corrected chi connectivity index (χ4v) is 4.57. The number of halogens is 1. The monoisotopic (exact) mass is 411 g/mol. The first-order valence-corrected chi connectivity index (χ1v) is 10.4. The summed E-state index contributed by atoms with van der Waals surface area (Å²) in [5.74, 6) is -0.168. The fourth-order valence-electron chi connectivity index (χ4n) is 3.51. The summed E-state index contributed by atoms with van der Waals surface area (Å²) in [6.45, 7) is 0.475. The van der Waals surface area contributed by atoms with Crippen LogP contribution in [0.1, 0.15) is 32.1 Å². The minimum atomic E-state index is -3.65. The molecule has 0 radical (unpaired) electrons. The van der Waals surface area contributed by atoms with Crippen LogP contribution in [0, 0.1) is 0 Å². The molecule has 0 atom stereocenters. The lowest BCUT2D eigenvalue weighted by atomic mass is 9.97. The molecule has 1 amide bonds. The van der Waals surface area contributed by atoms with E-state index in [-0.39, 0.29) is 41.7 Å². The van der Waals surface area contributed by atoms with E-state index < -0.39 is 10.0 Å². The molecule has 2 aromatic rings. The number of hydrogen-bond donors (Lipinski definition) is 3. The summed E-state index contributed by atoms with van der Waals surface area (Å²) < 4.78 is 27.4. The molecule has 0 bridgehead atoms. The van der Waals surface area contributed by atoms with E-state index in [9.17, 15) is 13.2 Å². The van der Waals surface area contributed by atoms with E-state index in [4.69, 9.17) is 5.73 Å². The zero-order valence-corrected chi connectivity index (χ0v) is 16.7. The lowest BCUT2D eigenvalue weighted by molar-refractivity contribution is -0.122. The molecule has 0 saturated heterocycles. The molecule has 2 aromatic carbocycles. The molecule has 3 rings (SSSR count). The lowest BCUT2D eigenvalue weighted by Gasteiger charge is -2.28. The van der Waals surface area contributed by atoms with Gasteiger partial charge in [-0.15, -0.1) is 12.4 Å². The number of benzene rings is 2. The Bertz CT molecular complexity index is 896. The van der Waals surface area contributed by atoms with E-state index >= 15 is 0 Å². The number of fused-ring (bicyclic) bond motifs is 1. The van der Waals surface area contributed by atoms with Crippen molar-refractivity contribution < 1.29 is 13.2 Å². The van der Waals surface area contributed by atoms with Crippen LogP contribution < -0.4 is 15.8 Å². The van der Waals surface area contributed by atoms with Gasteiger partial charge in [-0.05, 0) is 35.7 Å². The summed E-state index contributed by atoms with van der Waals surface area (Å²) in [5, 5.41) is 4.83. The smallest absolute Gasteiger partial charge is 0.240 e. The first-order chi connectivity index (χ1) is 12.4. The SMILES string of the molecule is Cl.NCC1(NC(=O)CCNS(=O)(=O)c2ccc3ccccc3c2)CCCC1. The third-order valence-electron chi connectivity index (χ3n) is 5.03. The van der Waals surface area contributed by atoms with E-state index in [2.05, 4.69) is 10.0 Å². The van der Waals surface area contributed by atoms with Crippen LogP contribution >= 0.6 is 12.4 Å². The highest BCUT2D eigenvalue weighted by atomic mass is 35.5. The van der Waals surface area contributed by atoms with Gasteiger partial charge in [0.1, 0.15) is 0 Å². The number of rotatable bonds is 7. The van der Waals surface area contributed by atoms with Crippen LogP contribution in [0.25, 0.3) is 10.8 Å². The maximum absolute atomic E-state index is 12.5. The second-order valence-corrected chi connectivity index (χ2v) is 8.66. The Labute approximate surface area is 166 Å². The van der Waals surface area contributed by atoms with Crippen molar-refractivity contribution in [3.63, 3.8) is 0 Å². The van der Waals surface area contributed by atoms with Crippen LogP contribution in [-0.4, -0.2) is 33.0 Å². The summed E-state index contributed by atoms with van der Waals surface area (Å²) >= 11 is 0. The molecule has 1 fully saturated rings. The molecular formula is C19H26ClN3O3S. The summed E-state index contributed by atoms with van der Waals surface area (Å²) in [7, 11) is -3.65. The van der Waals surface area contributed by atoms with Crippen molar-refractivity contribution in [2.24, 2.45) is 5.73 Å². The molecule has 8 heteroatoms. The highest BCUT2D eigenvalue weighted by molar-refractivity contribution is 7.89. The van der Waals surface area contributed by atoms with Crippen LogP contribution in [0.15, 0.2) is 47.4 Å². The molecule has 148 valence electrons. The molecule has 0 unspecified atom stereocenters. The molecular weight excluding hydrogens is 386 g/mol. The van der Waals surface area contributed by atoms with Crippen LogP contribution in [0.2, 0.25) is 0 Å². The van der Waals surface area contributed by atoms with Gasteiger partial charge < -0.3 is 11.1 Å². The van der Waals surface area contributed by atoms with Crippen molar-refractivity contribution in [2.75, 3.05) is 13.1 Å². The molecule has 6 nitrogen and oxygen atoms in total. The molecule has 4 N–H and O–H groups in total. The van der Waals surface area contributed by atoms with Gasteiger partial charge in [0.2, 0.25) is 15.9 Å². The second-order valence-electron chi connectivity index (χ2n) is 6.90. The van der Waals surface area contributed by atoms with Crippen molar-refractivity contribution in [3.8, 4) is 0 Å². The predicted octanol–water partition coefficient (Wildman–Crippen LogP) is 2.32. The Balaban J connectivity index is 0.00000261. The molecule has 1 aliphatic rings. The van der Waals surface area contributed by atoms with Gasteiger partial charge in [-0.1, -0.05) is 43.2 Å². The van der Waals surface area contributed by atoms with Crippen LogP contribution in [0.4, 0.5) is 0 Å². The quantitative estimate of drug-likeness (QED) is 0.650. The minimum Gasteiger partial charge on any atom is -0.349 e. The summed E-state index contributed by atoms with van der Waals surface area (Å²) in [4.78, 5) is 12.4. The predicted molar refractivity (Wildman–Crippen MR) is 109 cm³/mol. The van der Waals surface area contributed by atoms with Crippen molar-refractivity contribution in [2.45, 2.75) is 42.5 Å². The van der Waals surface area contributed by atoms with Gasteiger partial charge in [-0.3, -0.25) is 4.79 Å². The summed E-state index contributed by atoms with van der Waals surface area (Å²) in [6.07, 6.45) is 3.99. The number of carbonyl (C=O) groups excluding carboxylic acids is 1. The average Bonchev–Trinajstić information content (AvgIpc) is 3.10. The van der Waals surface area contributed by atoms with Gasteiger partial charge in [0.25, 0.3) is 0 Å². The van der Waals surface area contributed by atoms with Gasteiger partial charge in [0.05, 0.1) is 10.4 Å². The molecule has 27 heavy (non-hydrogen) atoms. The number of carbonyl (C=O) groups is 1. The summed E-state index contributed by atoms with van der Waals surface area (Å²) in [5.41, 5.74) is 5.50. The molecule has 1 saturated carbocycles. The number of amides is 1. The summed E-state index contributed by atoms with van der Waals surface area (Å²) in [6, 6.07) is 12.6. The Morgan fingerprint density at radius 1 is 1.07 bits per heavy atom. The Kier molecular flexibility index (Phi) is 7.22. The molecule has 0 spiro atoms. The second kappa shape index (κ2) is 9.01. The minimum absolute atomic E-state index is 0. The number of hydrogen-bond acceptors (Lipinski definition) is 4. The normalized spacial score (nSPS) is 16.0. The third-order valence-corrected chi connectivity index (χ3v) is 6.49. The zero-order chi connectivity index (χ0) is 18.6. The van der Waals surface area contributed by atoms with Crippen LogP contribution in [0.3, 0.4) is 0 Å². The maximum atomic E-state index is 12.5. The van der Waals surface area contributed by atoms with Gasteiger partial charge in [0.15, 0.2) is 0 Å². The van der Waals surface area contributed by atoms with Crippen molar-refractivity contribution >= 4 is 39.1 Å². The lowest BCUT2D eigenvalue weighted by Crippen LogP contribution is -2.52. The highest BCUT2D eigenvalue weighted by Crippen LogP contribution is 2.28. The maximum Gasteiger partial charge on any atom is 0.240 e. The third kappa shape index (κ3) is 5.19.